The first-order valence-corrected chi connectivity index (χ1v) is 8.17. The van der Waals surface area contributed by atoms with Gasteiger partial charge in [0, 0.05) is 18.0 Å². The van der Waals surface area contributed by atoms with Crippen LogP contribution in [0.5, 0.6) is 0 Å². The van der Waals surface area contributed by atoms with Gasteiger partial charge in [0.1, 0.15) is 0 Å². The largest absolute Gasteiger partial charge is 0.392 e. The van der Waals surface area contributed by atoms with E-state index in [1.807, 2.05) is 18.3 Å². The summed E-state index contributed by atoms with van der Waals surface area (Å²) in [5.74, 6) is 0.797. The minimum absolute atomic E-state index is 0.198. The molecule has 0 saturated carbocycles. The molecule has 0 aromatic carbocycles. The Hall–Kier alpha value is -0.420. The molecule has 0 radical (unpaired) electrons. The van der Waals surface area contributed by atoms with Gasteiger partial charge in [0.15, 0.2) is 0 Å². The molecule has 19 heavy (non-hydrogen) atoms. The second kappa shape index (κ2) is 7.39. The molecule has 0 aliphatic carbocycles. The number of aliphatic hydroxyl groups excluding tert-OH is 1. The van der Waals surface area contributed by atoms with Crippen molar-refractivity contribution in [1.82, 2.24) is 10.2 Å². The van der Waals surface area contributed by atoms with Crippen molar-refractivity contribution in [3.63, 3.8) is 0 Å². The van der Waals surface area contributed by atoms with Crippen LogP contribution in [-0.2, 0) is 6.54 Å². The fraction of sp³-hybridized carbons (Fsp3) is 0.733. The Bertz CT molecular complexity index is 370. The van der Waals surface area contributed by atoms with E-state index in [9.17, 15) is 5.11 Å². The molecule has 2 heterocycles. The number of β-amino-alcohol motifs (C(OH)–C–C–N with tert-alkyl or cyclic N) is 1. The molecule has 0 bridgehead atoms. The van der Waals surface area contributed by atoms with Gasteiger partial charge in [-0.3, -0.25) is 0 Å². The predicted molar refractivity (Wildman–Crippen MR) is 81.6 cm³/mol. The van der Waals surface area contributed by atoms with E-state index in [-0.39, 0.29) is 6.10 Å². The number of rotatable bonds is 6. The van der Waals surface area contributed by atoms with Crippen LogP contribution in [0.25, 0.3) is 0 Å². The normalized spacial score (nSPS) is 19.7. The SMILES string of the molecule is Cc1ccsc1CNCC1CCN(C[C@H](C)O)CC1. The zero-order valence-electron chi connectivity index (χ0n) is 12.1. The Kier molecular flexibility index (Phi) is 5.82. The maximum absolute atomic E-state index is 9.39. The van der Waals surface area contributed by atoms with E-state index < -0.39 is 0 Å². The second-order valence-corrected chi connectivity index (χ2v) is 6.75. The van der Waals surface area contributed by atoms with Crippen LogP contribution in [0.4, 0.5) is 0 Å². The lowest BCUT2D eigenvalue weighted by atomic mass is 9.96. The monoisotopic (exact) mass is 282 g/mol. The molecule has 0 unspecified atom stereocenters. The number of thiophene rings is 1. The first-order valence-electron chi connectivity index (χ1n) is 7.29. The van der Waals surface area contributed by atoms with Gasteiger partial charge in [-0.25, -0.2) is 0 Å². The minimum Gasteiger partial charge on any atom is -0.392 e. The van der Waals surface area contributed by atoms with Crippen molar-refractivity contribution in [3.8, 4) is 0 Å². The van der Waals surface area contributed by atoms with Gasteiger partial charge in [0.2, 0.25) is 0 Å². The minimum atomic E-state index is -0.198. The maximum Gasteiger partial charge on any atom is 0.0639 e. The average Bonchev–Trinajstić information content (AvgIpc) is 2.77. The van der Waals surface area contributed by atoms with Gasteiger partial charge in [-0.2, -0.15) is 0 Å². The number of hydrogen-bond acceptors (Lipinski definition) is 4. The summed E-state index contributed by atoms with van der Waals surface area (Å²) in [5.41, 5.74) is 1.41. The number of piperidine rings is 1. The summed E-state index contributed by atoms with van der Waals surface area (Å²) < 4.78 is 0. The van der Waals surface area contributed by atoms with Crippen LogP contribution in [0, 0.1) is 12.8 Å². The summed E-state index contributed by atoms with van der Waals surface area (Å²) in [7, 11) is 0. The molecule has 108 valence electrons. The molecule has 0 spiro atoms. The lowest BCUT2D eigenvalue weighted by Gasteiger charge is -2.32. The summed E-state index contributed by atoms with van der Waals surface area (Å²) in [5, 5.41) is 15.2. The van der Waals surface area contributed by atoms with Crippen LogP contribution in [-0.4, -0.2) is 42.3 Å². The predicted octanol–water partition coefficient (Wildman–Crippen LogP) is 2.24. The first-order chi connectivity index (χ1) is 9.15. The van der Waals surface area contributed by atoms with Crippen molar-refractivity contribution in [2.45, 2.75) is 39.3 Å². The number of nitrogens with one attached hydrogen (secondary N) is 1. The molecule has 1 atom stereocenters. The second-order valence-electron chi connectivity index (χ2n) is 5.75. The quantitative estimate of drug-likeness (QED) is 0.840. The number of likely N-dealkylation sites (tertiary alicyclic amines) is 1. The van der Waals surface area contributed by atoms with Crippen molar-refractivity contribution < 1.29 is 5.11 Å². The molecule has 1 aromatic rings. The van der Waals surface area contributed by atoms with Gasteiger partial charge in [0.25, 0.3) is 0 Å². The molecular formula is C15H26N2OS. The average molecular weight is 282 g/mol. The van der Waals surface area contributed by atoms with E-state index in [0.717, 1.165) is 38.6 Å². The number of hydrogen-bond donors (Lipinski definition) is 2. The molecule has 1 aliphatic heterocycles. The molecule has 2 rings (SSSR count). The highest BCUT2D eigenvalue weighted by atomic mass is 32.1. The highest BCUT2D eigenvalue weighted by molar-refractivity contribution is 7.10. The van der Waals surface area contributed by atoms with Gasteiger partial charge in [-0.15, -0.1) is 11.3 Å². The lowest BCUT2D eigenvalue weighted by Crippen LogP contribution is -2.40. The standard InChI is InChI=1S/C15H26N2OS/c1-12-5-8-19-15(12)10-16-9-14-3-6-17(7-4-14)11-13(2)18/h5,8,13-14,16,18H,3-4,6-7,9-11H2,1-2H3/t13-/m0/s1. The Labute approximate surface area is 120 Å². The highest BCUT2D eigenvalue weighted by Crippen LogP contribution is 2.18. The van der Waals surface area contributed by atoms with E-state index in [2.05, 4.69) is 28.6 Å². The van der Waals surface area contributed by atoms with Crippen molar-refractivity contribution in [2.75, 3.05) is 26.2 Å². The fourth-order valence-corrected chi connectivity index (χ4v) is 3.60. The topological polar surface area (TPSA) is 35.5 Å². The van der Waals surface area contributed by atoms with E-state index in [1.54, 1.807) is 0 Å². The van der Waals surface area contributed by atoms with Crippen LogP contribution in [0.15, 0.2) is 11.4 Å². The van der Waals surface area contributed by atoms with E-state index in [0.29, 0.717) is 0 Å². The third-order valence-electron chi connectivity index (χ3n) is 3.92. The number of aryl methyl sites for hydroxylation is 1. The van der Waals surface area contributed by atoms with E-state index in [1.165, 1.54) is 23.3 Å². The number of nitrogens with zero attached hydrogens (tertiary/aromatic N) is 1. The van der Waals surface area contributed by atoms with Crippen LogP contribution >= 0.6 is 11.3 Å². The zero-order chi connectivity index (χ0) is 13.7. The third-order valence-corrected chi connectivity index (χ3v) is 4.94. The summed E-state index contributed by atoms with van der Waals surface area (Å²) in [4.78, 5) is 3.84. The van der Waals surface area contributed by atoms with Gasteiger partial charge in [-0.05, 0) is 69.3 Å². The van der Waals surface area contributed by atoms with Gasteiger partial charge < -0.3 is 15.3 Å². The molecule has 1 aromatic heterocycles. The molecule has 0 amide bonds. The lowest BCUT2D eigenvalue weighted by molar-refractivity contribution is 0.0998. The molecule has 4 heteroatoms. The van der Waals surface area contributed by atoms with Crippen LogP contribution in [0.2, 0.25) is 0 Å². The summed E-state index contributed by atoms with van der Waals surface area (Å²) in [6.45, 7) is 9.29. The van der Waals surface area contributed by atoms with Gasteiger partial charge in [-0.1, -0.05) is 0 Å². The van der Waals surface area contributed by atoms with E-state index >= 15 is 0 Å². The number of aliphatic hydroxyl groups is 1. The summed E-state index contributed by atoms with van der Waals surface area (Å²) >= 11 is 1.84. The Morgan fingerprint density at radius 3 is 2.79 bits per heavy atom. The third kappa shape index (κ3) is 4.88. The molecular weight excluding hydrogens is 256 g/mol. The van der Waals surface area contributed by atoms with Gasteiger partial charge in [0.05, 0.1) is 6.10 Å². The smallest absolute Gasteiger partial charge is 0.0639 e. The fourth-order valence-electron chi connectivity index (χ4n) is 2.72. The molecule has 2 N–H and O–H groups in total. The molecule has 1 fully saturated rings. The zero-order valence-corrected chi connectivity index (χ0v) is 12.9. The van der Waals surface area contributed by atoms with Crippen molar-refractivity contribution in [3.05, 3.63) is 21.9 Å². The van der Waals surface area contributed by atoms with Crippen LogP contribution in [0.3, 0.4) is 0 Å². The summed E-state index contributed by atoms with van der Waals surface area (Å²) in [6.07, 6.45) is 2.31. The molecule has 3 nitrogen and oxygen atoms in total. The Morgan fingerprint density at radius 2 is 2.21 bits per heavy atom. The maximum atomic E-state index is 9.39. The molecule has 1 aliphatic rings. The first kappa shape index (κ1) is 15.0. The van der Waals surface area contributed by atoms with Crippen molar-refractivity contribution >= 4 is 11.3 Å². The Morgan fingerprint density at radius 1 is 1.47 bits per heavy atom. The van der Waals surface area contributed by atoms with Crippen molar-refractivity contribution in [2.24, 2.45) is 5.92 Å². The Balaban J connectivity index is 1.62. The van der Waals surface area contributed by atoms with Crippen molar-refractivity contribution in [1.29, 1.82) is 0 Å². The van der Waals surface area contributed by atoms with Crippen LogP contribution in [0.1, 0.15) is 30.2 Å². The highest BCUT2D eigenvalue weighted by Gasteiger charge is 2.19. The van der Waals surface area contributed by atoms with Gasteiger partial charge >= 0.3 is 0 Å². The molecule has 1 saturated heterocycles. The summed E-state index contributed by atoms with van der Waals surface area (Å²) in [6, 6.07) is 2.19. The van der Waals surface area contributed by atoms with E-state index in [4.69, 9.17) is 0 Å². The van der Waals surface area contributed by atoms with Crippen LogP contribution < -0.4 is 5.32 Å².